The van der Waals surface area contributed by atoms with Crippen LogP contribution in [0, 0.1) is 0 Å². The van der Waals surface area contributed by atoms with Crippen LogP contribution in [0.4, 0.5) is 5.95 Å². The van der Waals surface area contributed by atoms with E-state index in [9.17, 15) is 5.11 Å². The molecule has 2 aliphatic rings. The highest BCUT2D eigenvalue weighted by Crippen LogP contribution is 2.26. The van der Waals surface area contributed by atoms with Gasteiger partial charge in [0.2, 0.25) is 5.95 Å². The van der Waals surface area contributed by atoms with E-state index in [0.29, 0.717) is 6.04 Å². The lowest BCUT2D eigenvalue weighted by Gasteiger charge is -2.34. The average Bonchev–Trinajstić information content (AvgIpc) is 3.24. The average molecular weight is 374 g/mol. The van der Waals surface area contributed by atoms with E-state index in [4.69, 9.17) is 4.98 Å². The monoisotopic (exact) mass is 374 g/mol. The fraction of sp³-hybridized carbons (Fsp3) is 0.391. The molecule has 0 aliphatic carbocycles. The van der Waals surface area contributed by atoms with Gasteiger partial charge in [-0.15, -0.1) is 0 Å². The molecule has 2 saturated heterocycles. The minimum Gasteiger partial charge on any atom is -0.393 e. The van der Waals surface area contributed by atoms with Gasteiger partial charge >= 0.3 is 0 Å². The van der Waals surface area contributed by atoms with Gasteiger partial charge in [-0.05, 0) is 42.2 Å². The number of piperidine rings is 1. The Morgan fingerprint density at radius 3 is 2.57 bits per heavy atom. The number of rotatable bonds is 3. The van der Waals surface area contributed by atoms with E-state index in [0.717, 1.165) is 62.6 Å². The minimum absolute atomic E-state index is 0.115. The normalized spacial score (nSPS) is 21.5. The molecule has 1 unspecified atom stereocenters. The van der Waals surface area contributed by atoms with Crippen molar-refractivity contribution in [2.45, 2.75) is 31.4 Å². The Labute approximate surface area is 165 Å². The van der Waals surface area contributed by atoms with Gasteiger partial charge in [0.25, 0.3) is 0 Å². The van der Waals surface area contributed by atoms with Gasteiger partial charge in [-0.3, -0.25) is 4.90 Å². The molecule has 0 spiro atoms. The van der Waals surface area contributed by atoms with Crippen LogP contribution in [0.15, 0.2) is 54.7 Å². The second-order valence-corrected chi connectivity index (χ2v) is 7.96. The van der Waals surface area contributed by atoms with Crippen LogP contribution in [0.2, 0.25) is 0 Å². The minimum atomic E-state index is -0.115. The van der Waals surface area contributed by atoms with Crippen LogP contribution in [0.3, 0.4) is 0 Å². The highest BCUT2D eigenvalue weighted by molar-refractivity contribution is 5.86. The van der Waals surface area contributed by atoms with Gasteiger partial charge in [-0.2, -0.15) is 0 Å². The smallest absolute Gasteiger partial charge is 0.225 e. The summed E-state index contributed by atoms with van der Waals surface area (Å²) >= 11 is 0. The maximum absolute atomic E-state index is 9.75. The van der Waals surface area contributed by atoms with Crippen molar-refractivity contribution in [3.63, 3.8) is 0 Å². The fourth-order valence-corrected chi connectivity index (χ4v) is 4.48. The quantitative estimate of drug-likeness (QED) is 0.762. The Balaban J connectivity index is 1.34. The summed E-state index contributed by atoms with van der Waals surface area (Å²) in [5.41, 5.74) is 2.10. The van der Waals surface area contributed by atoms with Gasteiger partial charge in [0.1, 0.15) is 0 Å². The Kier molecular flexibility index (Phi) is 4.71. The van der Waals surface area contributed by atoms with Crippen molar-refractivity contribution >= 4 is 16.7 Å². The maximum atomic E-state index is 9.75. The zero-order chi connectivity index (χ0) is 18.9. The van der Waals surface area contributed by atoms with E-state index >= 15 is 0 Å². The van der Waals surface area contributed by atoms with Crippen LogP contribution in [0.25, 0.3) is 22.0 Å². The molecule has 5 nitrogen and oxygen atoms in total. The number of aliphatic hydroxyl groups is 1. The molecular weight excluding hydrogens is 348 g/mol. The van der Waals surface area contributed by atoms with E-state index in [-0.39, 0.29) is 6.10 Å². The zero-order valence-corrected chi connectivity index (χ0v) is 16.0. The first-order valence-electron chi connectivity index (χ1n) is 10.3. The number of benzene rings is 2. The first-order valence-corrected chi connectivity index (χ1v) is 10.3. The largest absolute Gasteiger partial charge is 0.393 e. The van der Waals surface area contributed by atoms with Crippen LogP contribution in [0.5, 0.6) is 0 Å². The van der Waals surface area contributed by atoms with E-state index < -0.39 is 0 Å². The lowest BCUT2D eigenvalue weighted by molar-refractivity contribution is 0.0653. The third-order valence-electron chi connectivity index (χ3n) is 6.15. The van der Waals surface area contributed by atoms with Crippen molar-refractivity contribution in [3.05, 3.63) is 54.7 Å². The molecule has 144 valence electrons. The third kappa shape index (κ3) is 3.48. The van der Waals surface area contributed by atoms with Gasteiger partial charge in [-0.1, -0.05) is 36.4 Å². The van der Waals surface area contributed by atoms with Gasteiger partial charge in [0.15, 0.2) is 0 Å². The molecule has 2 fully saturated rings. The van der Waals surface area contributed by atoms with Gasteiger partial charge in [-0.25, -0.2) is 9.97 Å². The van der Waals surface area contributed by atoms with Crippen LogP contribution in [-0.2, 0) is 0 Å². The first kappa shape index (κ1) is 17.6. The third-order valence-corrected chi connectivity index (χ3v) is 6.15. The number of likely N-dealkylation sites (tertiary alicyclic amines) is 1. The molecule has 0 amide bonds. The Bertz CT molecular complexity index is 967. The highest BCUT2D eigenvalue weighted by atomic mass is 16.3. The number of hydrogen-bond donors (Lipinski definition) is 1. The predicted octanol–water partition coefficient (Wildman–Crippen LogP) is 3.33. The second kappa shape index (κ2) is 7.49. The second-order valence-electron chi connectivity index (χ2n) is 7.96. The summed E-state index contributed by atoms with van der Waals surface area (Å²) < 4.78 is 0. The number of anilines is 1. The standard InChI is InChI=1S/C23H26N4O/c28-21-9-13-26(14-10-21)20-8-12-27(16-20)23-24-11-7-22(25-23)19-6-5-17-3-1-2-4-18(17)15-19/h1-7,11,15,20-21,28H,8-10,12-14,16H2. The molecule has 1 atom stereocenters. The summed E-state index contributed by atoms with van der Waals surface area (Å²) in [7, 11) is 0. The number of hydrogen-bond acceptors (Lipinski definition) is 5. The molecule has 0 bridgehead atoms. The fourth-order valence-electron chi connectivity index (χ4n) is 4.48. The molecule has 3 heterocycles. The molecule has 2 aromatic carbocycles. The molecule has 5 heteroatoms. The van der Waals surface area contributed by atoms with Crippen molar-refractivity contribution in [3.8, 4) is 11.3 Å². The number of aliphatic hydroxyl groups excluding tert-OH is 1. The van der Waals surface area contributed by atoms with Crippen molar-refractivity contribution in [1.82, 2.24) is 14.9 Å². The molecule has 28 heavy (non-hydrogen) atoms. The summed E-state index contributed by atoms with van der Waals surface area (Å²) in [6.07, 6.45) is 4.68. The number of nitrogens with zero attached hydrogens (tertiary/aromatic N) is 4. The van der Waals surface area contributed by atoms with Crippen molar-refractivity contribution in [2.75, 3.05) is 31.1 Å². The summed E-state index contributed by atoms with van der Waals surface area (Å²) in [5.74, 6) is 0.824. The summed E-state index contributed by atoms with van der Waals surface area (Å²) in [6, 6.07) is 17.4. The lowest BCUT2D eigenvalue weighted by atomic mass is 10.1. The molecule has 1 aromatic heterocycles. The van der Waals surface area contributed by atoms with Crippen LogP contribution in [0.1, 0.15) is 19.3 Å². The molecule has 3 aromatic rings. The maximum Gasteiger partial charge on any atom is 0.225 e. The van der Waals surface area contributed by atoms with E-state index in [1.54, 1.807) is 0 Å². The molecule has 2 aliphatic heterocycles. The summed E-state index contributed by atoms with van der Waals surface area (Å²) in [5, 5.41) is 12.2. The summed E-state index contributed by atoms with van der Waals surface area (Å²) in [6.45, 7) is 3.96. The lowest BCUT2D eigenvalue weighted by Crippen LogP contribution is -2.44. The first-order chi connectivity index (χ1) is 13.8. The van der Waals surface area contributed by atoms with Crippen molar-refractivity contribution < 1.29 is 5.11 Å². The van der Waals surface area contributed by atoms with Crippen LogP contribution >= 0.6 is 0 Å². The van der Waals surface area contributed by atoms with E-state index in [2.05, 4.69) is 57.2 Å². The van der Waals surface area contributed by atoms with Crippen molar-refractivity contribution in [1.29, 1.82) is 0 Å². The Morgan fingerprint density at radius 1 is 0.893 bits per heavy atom. The van der Waals surface area contributed by atoms with Gasteiger partial charge in [0, 0.05) is 44.0 Å². The molecule has 0 radical (unpaired) electrons. The molecule has 5 rings (SSSR count). The van der Waals surface area contributed by atoms with Crippen LogP contribution < -0.4 is 4.90 Å². The molecular formula is C23H26N4O. The number of aromatic nitrogens is 2. The molecule has 0 saturated carbocycles. The van der Waals surface area contributed by atoms with Crippen molar-refractivity contribution in [2.24, 2.45) is 0 Å². The summed E-state index contributed by atoms with van der Waals surface area (Å²) in [4.78, 5) is 14.3. The topological polar surface area (TPSA) is 52.5 Å². The van der Waals surface area contributed by atoms with E-state index in [1.807, 2.05) is 12.3 Å². The SMILES string of the molecule is OC1CCN(C2CCN(c3nccc(-c4ccc5ccccc5c4)n3)C2)CC1. The highest BCUT2D eigenvalue weighted by Gasteiger charge is 2.31. The molecule has 1 N–H and O–H groups in total. The Morgan fingerprint density at radius 2 is 1.71 bits per heavy atom. The number of fused-ring (bicyclic) bond motifs is 1. The van der Waals surface area contributed by atoms with Gasteiger partial charge in [0.05, 0.1) is 11.8 Å². The predicted molar refractivity (Wildman–Crippen MR) is 112 cm³/mol. The zero-order valence-electron chi connectivity index (χ0n) is 16.0. The van der Waals surface area contributed by atoms with Crippen LogP contribution in [-0.4, -0.2) is 58.3 Å². The van der Waals surface area contributed by atoms with E-state index in [1.165, 1.54) is 10.8 Å². The van der Waals surface area contributed by atoms with Gasteiger partial charge < -0.3 is 10.0 Å². The Hall–Kier alpha value is -2.50.